The monoisotopic (exact) mass is 481 g/mol. The number of carbonyl (C=O) groups is 1. The van der Waals surface area contributed by atoms with E-state index in [1.165, 1.54) is 5.56 Å². The molecule has 1 amide bonds. The highest BCUT2D eigenvalue weighted by molar-refractivity contribution is 7.71. The maximum absolute atomic E-state index is 12.7. The molecule has 1 aromatic heterocycles. The molecule has 0 saturated carbocycles. The largest absolute Gasteiger partial charge is 0.497 e. The van der Waals surface area contributed by atoms with Gasteiger partial charge in [-0.2, -0.15) is 5.10 Å². The molecule has 0 aliphatic carbocycles. The van der Waals surface area contributed by atoms with Crippen LogP contribution < -0.4 is 14.8 Å². The van der Waals surface area contributed by atoms with Gasteiger partial charge in [0.05, 0.1) is 14.2 Å². The lowest BCUT2D eigenvalue weighted by atomic mass is 10.0. The highest BCUT2D eigenvalue weighted by Gasteiger charge is 2.21. The molecule has 4 rings (SSSR count). The number of H-pyrrole nitrogens is 1. The molecule has 8 nitrogen and oxygen atoms in total. The number of carbonyl (C=O) groups excluding carboxylic acids is 1. The van der Waals surface area contributed by atoms with Crippen molar-refractivity contribution < 1.29 is 14.3 Å². The normalized spacial score (nSPS) is 14.6. The quantitative estimate of drug-likeness (QED) is 0.453. The number of benzene rings is 2. The maximum Gasteiger partial charge on any atom is 0.222 e. The molecule has 1 fully saturated rings. The zero-order valence-corrected chi connectivity index (χ0v) is 20.4. The predicted molar refractivity (Wildman–Crippen MR) is 133 cm³/mol. The Morgan fingerprint density at radius 1 is 1.12 bits per heavy atom. The van der Waals surface area contributed by atoms with Gasteiger partial charge < -0.3 is 14.8 Å². The fourth-order valence-electron chi connectivity index (χ4n) is 4.31. The fraction of sp³-hybridized carbons (Fsp3) is 0.400. The number of nitrogens with one attached hydrogen (secondary N) is 2. The summed E-state index contributed by atoms with van der Waals surface area (Å²) in [5.41, 5.74) is 2.10. The molecule has 9 heteroatoms. The van der Waals surface area contributed by atoms with Crippen LogP contribution in [0.25, 0.3) is 11.4 Å². The Kier molecular flexibility index (Phi) is 7.97. The van der Waals surface area contributed by atoms with Crippen LogP contribution in [0.2, 0.25) is 0 Å². The zero-order valence-electron chi connectivity index (χ0n) is 19.6. The molecule has 2 heterocycles. The van der Waals surface area contributed by atoms with E-state index in [1.807, 2.05) is 47.0 Å². The summed E-state index contributed by atoms with van der Waals surface area (Å²) in [6, 6.07) is 15.9. The Labute approximate surface area is 204 Å². The molecule has 1 saturated heterocycles. The molecule has 2 N–H and O–H groups in total. The van der Waals surface area contributed by atoms with Crippen LogP contribution in [0.1, 0.15) is 24.8 Å². The number of hydrogen-bond donors (Lipinski definition) is 2. The number of amides is 1. The number of rotatable bonds is 9. The van der Waals surface area contributed by atoms with Crippen molar-refractivity contribution in [1.82, 2.24) is 25.0 Å². The summed E-state index contributed by atoms with van der Waals surface area (Å²) in [4.78, 5) is 15.1. The van der Waals surface area contributed by atoms with Crippen LogP contribution in [0.15, 0.2) is 48.5 Å². The van der Waals surface area contributed by atoms with Gasteiger partial charge in [0.1, 0.15) is 11.5 Å². The summed E-state index contributed by atoms with van der Waals surface area (Å²) in [6.45, 7) is 3.21. The van der Waals surface area contributed by atoms with Crippen LogP contribution in [0, 0.1) is 4.77 Å². The summed E-state index contributed by atoms with van der Waals surface area (Å²) >= 11 is 5.39. The summed E-state index contributed by atoms with van der Waals surface area (Å²) in [5.74, 6) is 2.44. The van der Waals surface area contributed by atoms with Crippen LogP contribution in [-0.2, 0) is 17.9 Å². The molecular formula is C25H31N5O3S. The van der Waals surface area contributed by atoms with E-state index in [0.717, 1.165) is 49.5 Å². The Hall–Kier alpha value is -3.17. The molecule has 2 aromatic carbocycles. The number of methoxy groups -OCH3 is 2. The van der Waals surface area contributed by atoms with Crippen LogP contribution in [0.5, 0.6) is 11.5 Å². The average Bonchev–Trinajstić information content (AvgIpc) is 3.24. The third-order valence-electron chi connectivity index (χ3n) is 6.21. The van der Waals surface area contributed by atoms with Crippen LogP contribution >= 0.6 is 12.2 Å². The second-order valence-electron chi connectivity index (χ2n) is 8.41. The van der Waals surface area contributed by atoms with E-state index in [-0.39, 0.29) is 11.9 Å². The first-order valence-electron chi connectivity index (χ1n) is 11.5. The lowest BCUT2D eigenvalue weighted by molar-refractivity contribution is -0.122. The predicted octanol–water partition coefficient (Wildman–Crippen LogP) is 3.80. The van der Waals surface area contributed by atoms with Crippen LogP contribution in [0.3, 0.4) is 0 Å². The summed E-state index contributed by atoms with van der Waals surface area (Å²) in [6.07, 6.45) is 2.21. The number of aromatic amines is 1. The highest BCUT2D eigenvalue weighted by Crippen LogP contribution is 2.23. The minimum absolute atomic E-state index is 0.0342. The smallest absolute Gasteiger partial charge is 0.222 e. The molecule has 0 bridgehead atoms. The number of ether oxygens (including phenoxy) is 2. The molecule has 34 heavy (non-hydrogen) atoms. The van der Waals surface area contributed by atoms with Crippen molar-refractivity contribution in [3.05, 3.63) is 58.9 Å². The van der Waals surface area contributed by atoms with E-state index in [9.17, 15) is 4.79 Å². The topological polar surface area (TPSA) is 84.4 Å². The Bertz CT molecular complexity index is 1150. The van der Waals surface area contributed by atoms with Gasteiger partial charge in [0.2, 0.25) is 5.91 Å². The number of likely N-dealkylation sites (tertiary alicyclic amines) is 1. The first-order chi connectivity index (χ1) is 16.6. The highest BCUT2D eigenvalue weighted by atomic mass is 32.1. The third-order valence-corrected chi connectivity index (χ3v) is 6.52. The zero-order chi connectivity index (χ0) is 23.9. The Balaban J connectivity index is 1.27. The van der Waals surface area contributed by atoms with Crippen molar-refractivity contribution in [2.45, 2.75) is 38.4 Å². The van der Waals surface area contributed by atoms with Crippen LogP contribution in [-0.4, -0.2) is 58.9 Å². The van der Waals surface area contributed by atoms with Crippen molar-refractivity contribution in [3.63, 3.8) is 0 Å². The van der Waals surface area contributed by atoms with Gasteiger partial charge in [-0.3, -0.25) is 19.4 Å². The molecular weight excluding hydrogens is 450 g/mol. The standard InChI is InChI=1S/C25H31N5O3S/c1-32-21-9-7-18(8-10-21)24-27-28-25(34)30(24)16-13-23(31)26-20-11-14-29(15-12-20)17-19-5-3-4-6-22(19)33-2/h3-10,20H,11-17H2,1-2H3,(H,26,31)(H,28,34). The van der Waals surface area contributed by atoms with E-state index in [2.05, 4.69) is 26.5 Å². The molecule has 180 valence electrons. The van der Waals surface area contributed by atoms with Crippen molar-refractivity contribution in [2.75, 3.05) is 27.3 Å². The second kappa shape index (κ2) is 11.3. The molecule has 0 atom stereocenters. The number of hydrogen-bond acceptors (Lipinski definition) is 6. The first kappa shape index (κ1) is 24.0. The van der Waals surface area contributed by atoms with Crippen molar-refractivity contribution in [3.8, 4) is 22.9 Å². The second-order valence-corrected chi connectivity index (χ2v) is 8.80. The van der Waals surface area contributed by atoms with Gasteiger partial charge in [0.25, 0.3) is 0 Å². The van der Waals surface area contributed by atoms with E-state index in [0.29, 0.717) is 23.6 Å². The summed E-state index contributed by atoms with van der Waals surface area (Å²) in [7, 11) is 3.34. The number of nitrogens with zero attached hydrogens (tertiary/aromatic N) is 3. The SMILES string of the molecule is COc1ccc(-c2n[nH]c(=S)n2CCC(=O)NC2CCN(Cc3ccccc3OC)CC2)cc1. The lowest BCUT2D eigenvalue weighted by Gasteiger charge is -2.32. The molecule has 1 aliphatic rings. The number of para-hydroxylation sites is 1. The van der Waals surface area contributed by atoms with Gasteiger partial charge in [-0.25, -0.2) is 0 Å². The van der Waals surface area contributed by atoms with Crippen LogP contribution in [0.4, 0.5) is 0 Å². The third kappa shape index (κ3) is 5.84. The average molecular weight is 482 g/mol. The van der Waals surface area contributed by atoms with Gasteiger partial charge in [-0.15, -0.1) is 0 Å². The van der Waals surface area contributed by atoms with Gasteiger partial charge >= 0.3 is 0 Å². The molecule has 3 aromatic rings. The Morgan fingerprint density at radius 3 is 2.56 bits per heavy atom. The van der Waals surface area contributed by atoms with Gasteiger partial charge in [0, 0.05) is 49.8 Å². The van der Waals surface area contributed by atoms with Gasteiger partial charge in [-0.1, -0.05) is 18.2 Å². The minimum Gasteiger partial charge on any atom is -0.497 e. The van der Waals surface area contributed by atoms with Crippen molar-refractivity contribution in [2.24, 2.45) is 0 Å². The Morgan fingerprint density at radius 2 is 1.85 bits per heavy atom. The molecule has 1 aliphatic heterocycles. The van der Waals surface area contributed by atoms with Gasteiger partial charge in [-0.05, 0) is 55.4 Å². The number of piperidine rings is 1. The first-order valence-corrected chi connectivity index (χ1v) is 11.9. The fourth-order valence-corrected chi connectivity index (χ4v) is 4.53. The van der Waals surface area contributed by atoms with E-state index in [4.69, 9.17) is 21.7 Å². The summed E-state index contributed by atoms with van der Waals surface area (Å²) < 4.78 is 13.1. The molecule has 0 unspecified atom stereocenters. The van der Waals surface area contributed by atoms with E-state index < -0.39 is 0 Å². The summed E-state index contributed by atoms with van der Waals surface area (Å²) in [5, 5.41) is 10.4. The van der Waals surface area contributed by atoms with Gasteiger partial charge in [0.15, 0.2) is 10.6 Å². The maximum atomic E-state index is 12.7. The van der Waals surface area contributed by atoms with Crippen molar-refractivity contribution in [1.29, 1.82) is 0 Å². The minimum atomic E-state index is 0.0342. The van der Waals surface area contributed by atoms with E-state index >= 15 is 0 Å². The number of aromatic nitrogens is 3. The molecule has 0 radical (unpaired) electrons. The molecule has 0 spiro atoms. The van der Waals surface area contributed by atoms with E-state index in [1.54, 1.807) is 14.2 Å². The van der Waals surface area contributed by atoms with Crippen molar-refractivity contribution >= 4 is 18.1 Å². The lowest BCUT2D eigenvalue weighted by Crippen LogP contribution is -2.44.